The van der Waals surface area contributed by atoms with Gasteiger partial charge in [-0.25, -0.2) is 0 Å². The van der Waals surface area contributed by atoms with Crippen LogP contribution in [0.1, 0.15) is 29.6 Å². The summed E-state index contributed by atoms with van der Waals surface area (Å²) in [6.45, 7) is 0. The van der Waals surface area contributed by atoms with E-state index in [1.165, 1.54) is 12.1 Å². The zero-order chi connectivity index (χ0) is 14.8. The molecular weight excluding hydrogens is 270 g/mol. The Kier molecular flexibility index (Phi) is 3.39. The summed E-state index contributed by atoms with van der Waals surface area (Å²) < 4.78 is 5.41. The third-order valence-electron chi connectivity index (χ3n) is 3.67. The highest BCUT2D eigenvalue weighted by Gasteiger charge is 2.36. The van der Waals surface area contributed by atoms with Gasteiger partial charge in [0.25, 0.3) is 5.69 Å². The van der Waals surface area contributed by atoms with Crippen molar-refractivity contribution in [1.29, 1.82) is 0 Å². The minimum Gasteiger partial charge on any atom is -0.457 e. The fourth-order valence-electron chi connectivity index (χ4n) is 2.64. The Morgan fingerprint density at radius 1 is 1.00 bits per heavy atom. The molecule has 106 valence electrons. The lowest BCUT2D eigenvalue weighted by molar-refractivity contribution is -0.384. The molecule has 2 aromatic rings. The summed E-state index contributed by atoms with van der Waals surface area (Å²) in [6, 6.07) is 15.9. The van der Waals surface area contributed by atoms with Crippen LogP contribution in [0.25, 0.3) is 0 Å². The van der Waals surface area contributed by atoms with Crippen LogP contribution >= 0.6 is 0 Å². The number of nitro groups is 1. The Bertz CT molecular complexity index is 666. The minimum atomic E-state index is -0.445. The van der Waals surface area contributed by atoms with Crippen LogP contribution in [0.3, 0.4) is 0 Å². The van der Waals surface area contributed by atoms with Crippen LogP contribution in [-0.4, -0.2) is 10.9 Å². The second kappa shape index (κ2) is 5.36. The van der Waals surface area contributed by atoms with E-state index in [1.54, 1.807) is 12.1 Å². The number of non-ortho nitro benzene ring substituents is 1. The molecule has 2 aromatic carbocycles. The summed E-state index contributed by atoms with van der Waals surface area (Å²) in [6.07, 6.45) is -0.0632. The normalized spacial score (nSPS) is 21.0. The van der Waals surface area contributed by atoms with Crippen LogP contribution in [0.4, 0.5) is 5.69 Å². The summed E-state index contributed by atoms with van der Waals surface area (Å²) in [4.78, 5) is 21.9. The molecule has 2 atom stereocenters. The van der Waals surface area contributed by atoms with Gasteiger partial charge in [-0.15, -0.1) is 0 Å². The standard InChI is InChI=1S/C16H13NO4/c18-15-10-14(11-4-2-1-3-5-11)16(21-15)12-6-8-13(9-7-12)17(19)20/h1-9,14,16H,10H2/t14-,16+/m0/s1. The molecule has 1 heterocycles. The second-order valence-corrected chi connectivity index (χ2v) is 4.98. The predicted octanol–water partition coefficient (Wildman–Crippen LogP) is 3.37. The van der Waals surface area contributed by atoms with Crippen molar-refractivity contribution in [2.24, 2.45) is 0 Å². The Morgan fingerprint density at radius 3 is 2.29 bits per heavy atom. The van der Waals surface area contributed by atoms with Crippen molar-refractivity contribution >= 4 is 11.7 Å². The van der Waals surface area contributed by atoms with E-state index in [1.807, 2.05) is 30.3 Å². The first-order valence-corrected chi connectivity index (χ1v) is 6.64. The SMILES string of the molecule is O=C1C[C@@H](c2ccccc2)[C@@H](c2ccc([N+](=O)[O-])cc2)O1. The Labute approximate surface area is 121 Å². The van der Waals surface area contributed by atoms with Crippen LogP contribution < -0.4 is 0 Å². The van der Waals surface area contributed by atoms with E-state index in [0.29, 0.717) is 6.42 Å². The molecule has 5 heteroatoms. The molecule has 3 rings (SSSR count). The fraction of sp³-hybridized carbons (Fsp3) is 0.188. The largest absolute Gasteiger partial charge is 0.457 e. The maximum absolute atomic E-state index is 11.7. The van der Waals surface area contributed by atoms with E-state index < -0.39 is 4.92 Å². The maximum Gasteiger partial charge on any atom is 0.307 e. The zero-order valence-corrected chi connectivity index (χ0v) is 11.1. The van der Waals surface area contributed by atoms with Crippen molar-refractivity contribution < 1.29 is 14.5 Å². The molecule has 0 N–H and O–H groups in total. The number of hydrogen-bond acceptors (Lipinski definition) is 4. The lowest BCUT2D eigenvalue weighted by Crippen LogP contribution is -2.06. The monoisotopic (exact) mass is 283 g/mol. The molecule has 0 saturated carbocycles. The van der Waals surface area contributed by atoms with Gasteiger partial charge in [0.15, 0.2) is 0 Å². The molecule has 1 fully saturated rings. The lowest BCUT2D eigenvalue weighted by atomic mass is 9.88. The highest BCUT2D eigenvalue weighted by atomic mass is 16.6. The summed E-state index contributed by atoms with van der Waals surface area (Å²) in [5.74, 6) is -0.299. The first kappa shape index (κ1) is 13.3. The van der Waals surface area contributed by atoms with Crippen LogP contribution in [0, 0.1) is 10.1 Å². The summed E-state index contributed by atoms with van der Waals surface area (Å²) >= 11 is 0. The minimum absolute atomic E-state index is 0.0272. The number of carbonyl (C=O) groups excluding carboxylic acids is 1. The predicted molar refractivity (Wildman–Crippen MR) is 75.7 cm³/mol. The topological polar surface area (TPSA) is 69.4 Å². The van der Waals surface area contributed by atoms with E-state index in [9.17, 15) is 14.9 Å². The first-order valence-electron chi connectivity index (χ1n) is 6.64. The van der Waals surface area contributed by atoms with Crippen molar-refractivity contribution in [3.63, 3.8) is 0 Å². The van der Waals surface area contributed by atoms with Gasteiger partial charge in [0.05, 0.1) is 11.3 Å². The maximum atomic E-state index is 11.7. The van der Waals surface area contributed by atoms with E-state index in [0.717, 1.165) is 11.1 Å². The van der Waals surface area contributed by atoms with Gasteiger partial charge in [-0.3, -0.25) is 14.9 Å². The highest BCUT2D eigenvalue weighted by molar-refractivity contribution is 5.74. The molecule has 0 unspecified atom stereocenters. The van der Waals surface area contributed by atoms with Gasteiger partial charge in [-0.05, 0) is 23.3 Å². The van der Waals surface area contributed by atoms with Crippen molar-refractivity contribution in [2.75, 3.05) is 0 Å². The van der Waals surface area contributed by atoms with Gasteiger partial charge >= 0.3 is 5.97 Å². The number of nitro benzene ring substituents is 1. The molecule has 0 aromatic heterocycles. The average Bonchev–Trinajstić information content (AvgIpc) is 2.90. The molecular formula is C16H13NO4. The van der Waals surface area contributed by atoms with Crippen LogP contribution in [0.5, 0.6) is 0 Å². The van der Waals surface area contributed by atoms with Crippen LogP contribution in [0.2, 0.25) is 0 Å². The van der Waals surface area contributed by atoms with Crippen molar-refractivity contribution in [3.05, 3.63) is 75.8 Å². The molecule has 1 saturated heterocycles. The highest BCUT2D eigenvalue weighted by Crippen LogP contribution is 2.42. The molecule has 5 nitrogen and oxygen atoms in total. The molecule has 1 aliphatic heterocycles. The van der Waals surface area contributed by atoms with Gasteiger partial charge in [0, 0.05) is 18.1 Å². The summed E-state index contributed by atoms with van der Waals surface area (Å²) in [5, 5.41) is 10.7. The molecule has 0 amide bonds. The van der Waals surface area contributed by atoms with Crippen molar-refractivity contribution in [3.8, 4) is 0 Å². The average molecular weight is 283 g/mol. The molecule has 0 bridgehead atoms. The van der Waals surface area contributed by atoms with Crippen molar-refractivity contribution in [2.45, 2.75) is 18.4 Å². The molecule has 1 aliphatic rings. The fourth-order valence-corrected chi connectivity index (χ4v) is 2.64. The Hall–Kier alpha value is -2.69. The third-order valence-corrected chi connectivity index (χ3v) is 3.67. The van der Waals surface area contributed by atoms with E-state index in [4.69, 9.17) is 4.74 Å². The van der Waals surface area contributed by atoms with E-state index >= 15 is 0 Å². The number of benzene rings is 2. The van der Waals surface area contributed by atoms with Gasteiger partial charge in [0.1, 0.15) is 6.10 Å². The smallest absolute Gasteiger partial charge is 0.307 e. The number of ether oxygens (including phenoxy) is 1. The van der Waals surface area contributed by atoms with Crippen LogP contribution in [-0.2, 0) is 9.53 Å². The summed E-state index contributed by atoms with van der Waals surface area (Å²) in [7, 11) is 0. The van der Waals surface area contributed by atoms with Gasteiger partial charge < -0.3 is 4.74 Å². The van der Waals surface area contributed by atoms with Crippen LogP contribution in [0.15, 0.2) is 54.6 Å². The lowest BCUT2D eigenvalue weighted by Gasteiger charge is -2.18. The number of rotatable bonds is 3. The molecule has 0 spiro atoms. The number of carbonyl (C=O) groups is 1. The zero-order valence-electron chi connectivity index (χ0n) is 11.1. The van der Waals surface area contributed by atoms with Crippen molar-refractivity contribution in [1.82, 2.24) is 0 Å². The first-order chi connectivity index (χ1) is 10.1. The molecule has 21 heavy (non-hydrogen) atoms. The van der Waals surface area contributed by atoms with E-state index in [-0.39, 0.29) is 23.7 Å². The Morgan fingerprint density at radius 2 is 1.67 bits per heavy atom. The number of nitrogens with zero attached hydrogens (tertiary/aromatic N) is 1. The number of esters is 1. The second-order valence-electron chi connectivity index (χ2n) is 4.98. The van der Waals surface area contributed by atoms with Gasteiger partial charge in [-0.2, -0.15) is 0 Å². The Balaban J connectivity index is 1.92. The quantitative estimate of drug-likeness (QED) is 0.492. The third kappa shape index (κ3) is 2.63. The number of hydrogen-bond donors (Lipinski definition) is 0. The molecule has 0 radical (unpaired) electrons. The van der Waals surface area contributed by atoms with E-state index in [2.05, 4.69) is 0 Å². The van der Waals surface area contributed by atoms with Gasteiger partial charge in [0.2, 0.25) is 0 Å². The number of cyclic esters (lactones) is 1. The summed E-state index contributed by atoms with van der Waals surface area (Å²) in [5.41, 5.74) is 1.84. The molecule has 0 aliphatic carbocycles. The van der Waals surface area contributed by atoms with Gasteiger partial charge in [-0.1, -0.05) is 30.3 Å².